The molecule has 0 saturated carbocycles. The standard InChI is InChI=1S/C7H15O3P.C6H10.3C5H5N.C2H4O.C2H6/c1-4-7-11(8,9-5-2)10-6-3;1-3-5-6-4-2;3*1-2-4-6-5-3-1;1-2-3;1-2/h4H,1,5-7H2,2-3H3;3-6H,1-2H3;3*1-5H;2H,1H3;1-2H3. The van der Waals surface area contributed by atoms with Gasteiger partial charge in [-0.1, -0.05) is 62.4 Å². The van der Waals surface area contributed by atoms with Gasteiger partial charge in [0.1, 0.15) is 6.29 Å². The van der Waals surface area contributed by atoms with Crippen LogP contribution in [0.5, 0.6) is 0 Å². The van der Waals surface area contributed by atoms with Crippen molar-refractivity contribution < 1.29 is 18.4 Å². The molecule has 0 aliphatic rings. The number of carbonyl (C=O) groups excluding carboxylic acids is 1. The second kappa shape index (κ2) is 42.6. The molecule has 0 aromatic carbocycles. The normalized spacial score (nSPS) is 8.97. The predicted molar refractivity (Wildman–Crippen MR) is 171 cm³/mol. The summed E-state index contributed by atoms with van der Waals surface area (Å²) in [5.41, 5.74) is 0. The van der Waals surface area contributed by atoms with Gasteiger partial charge in [-0.3, -0.25) is 19.5 Å². The molecule has 0 aliphatic heterocycles. The maximum absolute atomic E-state index is 11.5. The highest BCUT2D eigenvalue weighted by Crippen LogP contribution is 2.47. The molecule has 3 aromatic rings. The number of pyridine rings is 3. The van der Waals surface area contributed by atoms with E-state index in [0.717, 1.165) is 6.29 Å². The fourth-order valence-electron chi connectivity index (χ4n) is 1.85. The van der Waals surface area contributed by atoms with Crippen LogP contribution in [0, 0.1) is 0 Å². The van der Waals surface area contributed by atoms with Gasteiger partial charge in [-0.15, -0.1) is 6.58 Å². The van der Waals surface area contributed by atoms with Gasteiger partial charge in [-0.2, -0.15) is 0 Å². The first-order chi connectivity index (χ1) is 19.5. The second-order valence-electron chi connectivity index (χ2n) is 6.28. The number of nitrogens with zero attached hydrogens (tertiary/aromatic N) is 3. The third-order valence-corrected chi connectivity index (χ3v) is 5.21. The van der Waals surface area contributed by atoms with Gasteiger partial charge in [-0.25, -0.2) is 0 Å². The highest BCUT2D eigenvalue weighted by molar-refractivity contribution is 7.54. The quantitative estimate of drug-likeness (QED) is 0.121. The van der Waals surface area contributed by atoms with E-state index in [1.54, 1.807) is 57.1 Å². The van der Waals surface area contributed by atoms with E-state index in [-0.39, 0.29) is 6.16 Å². The third-order valence-electron chi connectivity index (χ3n) is 3.20. The van der Waals surface area contributed by atoms with Crippen molar-refractivity contribution in [2.45, 2.75) is 48.5 Å². The number of aldehydes is 1. The minimum Gasteiger partial charge on any atom is -0.309 e. The first kappa shape index (κ1) is 43.5. The Balaban J connectivity index is -0.000000198. The van der Waals surface area contributed by atoms with Crippen molar-refractivity contribution in [3.8, 4) is 0 Å². The first-order valence-corrected chi connectivity index (χ1v) is 14.9. The minimum absolute atomic E-state index is 0.286. The molecular formula is C32H50N3O4P. The Bertz CT molecular complexity index is 752. The van der Waals surface area contributed by atoms with Crippen LogP contribution in [-0.4, -0.2) is 40.6 Å². The van der Waals surface area contributed by atoms with Crippen molar-refractivity contribution in [2.24, 2.45) is 0 Å². The number of allylic oxidation sites excluding steroid dienone is 5. The average molecular weight is 572 g/mol. The zero-order valence-electron chi connectivity index (χ0n) is 25.4. The van der Waals surface area contributed by atoms with E-state index in [2.05, 4.69) is 21.5 Å². The Labute approximate surface area is 243 Å². The van der Waals surface area contributed by atoms with Crippen LogP contribution in [0.2, 0.25) is 0 Å². The summed E-state index contributed by atoms with van der Waals surface area (Å²) in [7, 11) is -2.84. The van der Waals surface area contributed by atoms with Crippen LogP contribution in [-0.2, 0) is 18.4 Å². The van der Waals surface area contributed by atoms with E-state index >= 15 is 0 Å². The topological polar surface area (TPSA) is 91.3 Å². The minimum atomic E-state index is -2.84. The highest BCUT2D eigenvalue weighted by Gasteiger charge is 2.20. The van der Waals surface area contributed by atoms with Crippen molar-refractivity contribution in [2.75, 3.05) is 19.4 Å². The Morgan fingerprint density at radius 3 is 1.05 bits per heavy atom. The number of hydrogen-bond acceptors (Lipinski definition) is 7. The van der Waals surface area contributed by atoms with Gasteiger partial charge < -0.3 is 13.8 Å². The molecule has 0 fully saturated rings. The van der Waals surface area contributed by atoms with Gasteiger partial charge in [0.15, 0.2) is 0 Å². The summed E-state index contributed by atoms with van der Waals surface area (Å²) in [5, 5.41) is 0. The molecule has 7 nitrogen and oxygen atoms in total. The molecule has 0 amide bonds. The molecule has 0 bridgehead atoms. The summed E-state index contributed by atoms with van der Waals surface area (Å²) in [6.45, 7) is 17.3. The van der Waals surface area contributed by atoms with Crippen LogP contribution in [0.3, 0.4) is 0 Å². The number of aromatic nitrogens is 3. The monoisotopic (exact) mass is 571 g/mol. The molecular weight excluding hydrogens is 521 g/mol. The van der Waals surface area contributed by atoms with Crippen LogP contribution in [0.15, 0.2) is 129 Å². The lowest BCUT2D eigenvalue weighted by Crippen LogP contribution is -1.97. The zero-order valence-corrected chi connectivity index (χ0v) is 26.3. The van der Waals surface area contributed by atoms with Gasteiger partial charge in [0.2, 0.25) is 0 Å². The molecule has 0 N–H and O–H groups in total. The summed E-state index contributed by atoms with van der Waals surface area (Å²) in [5.74, 6) is 0. The molecule has 0 saturated heterocycles. The van der Waals surface area contributed by atoms with E-state index in [1.807, 2.05) is 107 Å². The van der Waals surface area contributed by atoms with E-state index in [0.29, 0.717) is 13.2 Å². The molecule has 0 radical (unpaired) electrons. The molecule has 8 heteroatoms. The summed E-state index contributed by atoms with van der Waals surface area (Å²) < 4.78 is 21.4. The van der Waals surface area contributed by atoms with E-state index in [4.69, 9.17) is 13.8 Å². The summed E-state index contributed by atoms with van der Waals surface area (Å²) in [4.78, 5) is 20.2. The smallest absolute Gasteiger partial charge is 0.309 e. The fraction of sp³-hybridized carbons (Fsp3) is 0.312. The van der Waals surface area contributed by atoms with Crippen LogP contribution >= 0.6 is 7.60 Å². The van der Waals surface area contributed by atoms with E-state index in [9.17, 15) is 4.57 Å². The molecule has 40 heavy (non-hydrogen) atoms. The van der Waals surface area contributed by atoms with Crippen molar-refractivity contribution in [1.82, 2.24) is 15.0 Å². The first-order valence-electron chi connectivity index (χ1n) is 13.2. The lowest BCUT2D eigenvalue weighted by molar-refractivity contribution is -0.106. The predicted octanol–water partition coefficient (Wildman–Crippen LogP) is 9.05. The van der Waals surface area contributed by atoms with Crippen molar-refractivity contribution in [3.05, 3.63) is 129 Å². The lowest BCUT2D eigenvalue weighted by Gasteiger charge is -2.14. The van der Waals surface area contributed by atoms with Crippen molar-refractivity contribution in [3.63, 3.8) is 0 Å². The van der Waals surface area contributed by atoms with Gasteiger partial charge >= 0.3 is 7.60 Å². The summed E-state index contributed by atoms with van der Waals surface area (Å²) >= 11 is 0. The summed E-state index contributed by atoms with van der Waals surface area (Å²) in [6, 6.07) is 17.1. The molecule has 0 unspecified atom stereocenters. The van der Waals surface area contributed by atoms with Crippen LogP contribution in [0.25, 0.3) is 0 Å². The zero-order chi connectivity index (χ0) is 31.0. The van der Waals surface area contributed by atoms with Crippen LogP contribution in [0.1, 0.15) is 48.5 Å². The van der Waals surface area contributed by atoms with Gasteiger partial charge in [0.25, 0.3) is 0 Å². The van der Waals surface area contributed by atoms with E-state index < -0.39 is 7.60 Å². The van der Waals surface area contributed by atoms with Crippen molar-refractivity contribution >= 4 is 13.9 Å². The largest absolute Gasteiger partial charge is 0.334 e. The molecule has 3 rings (SSSR count). The van der Waals surface area contributed by atoms with Gasteiger partial charge in [0, 0.05) is 37.2 Å². The maximum Gasteiger partial charge on any atom is 0.334 e. The summed E-state index contributed by atoms with van der Waals surface area (Å²) in [6.07, 6.45) is 21.1. The highest BCUT2D eigenvalue weighted by atomic mass is 31.2. The Hall–Kier alpha value is -3.51. The number of carbonyl (C=O) groups is 1. The molecule has 0 spiro atoms. The molecule has 222 valence electrons. The van der Waals surface area contributed by atoms with Crippen molar-refractivity contribution in [1.29, 1.82) is 0 Å². The maximum atomic E-state index is 11.5. The molecule has 0 aliphatic carbocycles. The Kier molecular flexibility index (Phi) is 46.3. The fourth-order valence-corrected chi connectivity index (χ4v) is 3.24. The van der Waals surface area contributed by atoms with Gasteiger partial charge in [-0.05, 0) is 71.0 Å². The average Bonchev–Trinajstić information content (AvgIpc) is 3.02. The molecule has 3 heterocycles. The molecule has 3 aromatic heterocycles. The SMILES string of the molecule is C=CCP(=O)(OCC)OCC.CC.CC=CC=CC.CC=O.c1ccncc1.c1ccncc1.c1ccncc1. The lowest BCUT2D eigenvalue weighted by atomic mass is 10.5. The van der Waals surface area contributed by atoms with Crippen LogP contribution in [0.4, 0.5) is 0 Å². The Morgan fingerprint density at radius 1 is 0.650 bits per heavy atom. The molecule has 0 atom stereocenters. The third kappa shape index (κ3) is 44.5. The van der Waals surface area contributed by atoms with E-state index in [1.165, 1.54) is 6.92 Å². The van der Waals surface area contributed by atoms with Gasteiger partial charge in [0.05, 0.1) is 19.4 Å². The Morgan fingerprint density at radius 2 is 0.925 bits per heavy atom. The second-order valence-corrected chi connectivity index (χ2v) is 8.38. The van der Waals surface area contributed by atoms with Crippen LogP contribution < -0.4 is 0 Å². The number of rotatable bonds is 7. The number of hydrogen-bond donors (Lipinski definition) is 0.